The second kappa shape index (κ2) is 6.61. The van der Waals surface area contributed by atoms with E-state index in [-0.39, 0.29) is 18.6 Å². The zero-order valence-electron chi connectivity index (χ0n) is 12.5. The molecule has 21 heavy (non-hydrogen) atoms. The fourth-order valence-corrected chi connectivity index (χ4v) is 2.65. The van der Waals surface area contributed by atoms with E-state index < -0.39 is 5.97 Å². The van der Waals surface area contributed by atoms with Crippen molar-refractivity contribution in [1.82, 2.24) is 10.2 Å². The molecular formula is C16H22N2O3. The zero-order valence-corrected chi connectivity index (χ0v) is 12.5. The van der Waals surface area contributed by atoms with Crippen LogP contribution in [0.4, 0.5) is 4.79 Å². The standard InChI is InChI=1S/C16H22N2O3/c1-3-11(2)18(10-15(19)20)16(21)17-9-13-8-12-6-4-5-7-14(12)13/h4-7,11,13H,3,8-10H2,1-2H3,(H,17,21)(H,19,20). The predicted molar refractivity (Wildman–Crippen MR) is 80.4 cm³/mol. The first-order valence-electron chi connectivity index (χ1n) is 7.37. The van der Waals surface area contributed by atoms with E-state index in [4.69, 9.17) is 5.11 Å². The number of aliphatic carboxylic acids is 1. The summed E-state index contributed by atoms with van der Waals surface area (Å²) >= 11 is 0. The van der Waals surface area contributed by atoms with Gasteiger partial charge in [-0.25, -0.2) is 4.79 Å². The van der Waals surface area contributed by atoms with Crippen LogP contribution in [0.3, 0.4) is 0 Å². The van der Waals surface area contributed by atoms with E-state index in [2.05, 4.69) is 17.4 Å². The number of hydrogen-bond donors (Lipinski definition) is 2. The van der Waals surface area contributed by atoms with E-state index in [0.717, 1.165) is 12.8 Å². The summed E-state index contributed by atoms with van der Waals surface area (Å²) in [5.74, 6) is -0.645. The van der Waals surface area contributed by atoms with Gasteiger partial charge in [0.25, 0.3) is 0 Å². The van der Waals surface area contributed by atoms with Gasteiger partial charge in [-0.3, -0.25) is 4.79 Å². The van der Waals surface area contributed by atoms with Gasteiger partial charge in [0.2, 0.25) is 0 Å². The van der Waals surface area contributed by atoms with Crippen molar-refractivity contribution >= 4 is 12.0 Å². The van der Waals surface area contributed by atoms with E-state index >= 15 is 0 Å². The number of carbonyl (C=O) groups excluding carboxylic acids is 1. The highest BCUT2D eigenvalue weighted by Crippen LogP contribution is 2.33. The Hall–Kier alpha value is -2.04. The van der Waals surface area contributed by atoms with Gasteiger partial charge in [-0.1, -0.05) is 31.2 Å². The summed E-state index contributed by atoms with van der Waals surface area (Å²) < 4.78 is 0. The molecule has 0 aliphatic heterocycles. The molecule has 0 fully saturated rings. The predicted octanol–water partition coefficient (Wildman–Crippen LogP) is 2.22. The largest absolute Gasteiger partial charge is 0.480 e. The van der Waals surface area contributed by atoms with Gasteiger partial charge in [0.15, 0.2) is 0 Å². The average molecular weight is 290 g/mol. The molecule has 0 heterocycles. The maximum absolute atomic E-state index is 12.2. The molecule has 2 unspecified atom stereocenters. The first-order chi connectivity index (χ1) is 10.0. The molecule has 1 aliphatic carbocycles. The summed E-state index contributed by atoms with van der Waals surface area (Å²) in [4.78, 5) is 24.5. The third-order valence-corrected chi connectivity index (χ3v) is 4.15. The molecule has 1 aliphatic rings. The molecule has 114 valence electrons. The number of carbonyl (C=O) groups is 2. The summed E-state index contributed by atoms with van der Waals surface area (Å²) in [5, 5.41) is 11.8. The third kappa shape index (κ3) is 3.54. The molecule has 2 atom stereocenters. The number of fused-ring (bicyclic) bond motifs is 1. The Bertz CT molecular complexity index is 530. The second-order valence-electron chi connectivity index (χ2n) is 5.56. The topological polar surface area (TPSA) is 69.6 Å². The highest BCUT2D eigenvalue weighted by atomic mass is 16.4. The third-order valence-electron chi connectivity index (χ3n) is 4.15. The number of nitrogens with one attached hydrogen (secondary N) is 1. The van der Waals surface area contributed by atoms with Crippen LogP contribution in [-0.2, 0) is 11.2 Å². The smallest absolute Gasteiger partial charge is 0.323 e. The van der Waals surface area contributed by atoms with Crippen LogP contribution in [0.1, 0.15) is 37.3 Å². The number of benzene rings is 1. The van der Waals surface area contributed by atoms with Crippen LogP contribution >= 0.6 is 0 Å². The summed E-state index contributed by atoms with van der Waals surface area (Å²) in [6, 6.07) is 7.82. The van der Waals surface area contributed by atoms with Crippen molar-refractivity contribution < 1.29 is 14.7 Å². The van der Waals surface area contributed by atoms with Crippen LogP contribution < -0.4 is 5.32 Å². The molecule has 0 aromatic heterocycles. The summed E-state index contributed by atoms with van der Waals surface area (Å²) in [6.45, 7) is 4.10. The molecule has 0 saturated heterocycles. The molecule has 2 rings (SSSR count). The number of nitrogens with zero attached hydrogens (tertiary/aromatic N) is 1. The van der Waals surface area contributed by atoms with Crippen molar-refractivity contribution in [3.63, 3.8) is 0 Å². The lowest BCUT2D eigenvalue weighted by Crippen LogP contribution is -2.48. The molecule has 5 heteroatoms. The Balaban J connectivity index is 1.90. The number of urea groups is 1. The number of hydrogen-bond acceptors (Lipinski definition) is 2. The van der Waals surface area contributed by atoms with Gasteiger partial charge in [0.1, 0.15) is 6.54 Å². The van der Waals surface area contributed by atoms with Crippen molar-refractivity contribution in [2.75, 3.05) is 13.1 Å². The molecule has 0 saturated carbocycles. The summed E-state index contributed by atoms with van der Waals surface area (Å²) in [5.41, 5.74) is 2.62. The van der Waals surface area contributed by atoms with Crippen molar-refractivity contribution in [3.05, 3.63) is 35.4 Å². The van der Waals surface area contributed by atoms with E-state index in [9.17, 15) is 9.59 Å². The van der Waals surface area contributed by atoms with Crippen LogP contribution in [0, 0.1) is 0 Å². The first kappa shape index (κ1) is 15.4. The molecule has 2 N–H and O–H groups in total. The Kier molecular flexibility index (Phi) is 4.83. The number of carboxylic acid groups (broad SMARTS) is 1. The van der Waals surface area contributed by atoms with Crippen LogP contribution in [0.25, 0.3) is 0 Å². The zero-order chi connectivity index (χ0) is 15.4. The Morgan fingerprint density at radius 1 is 1.43 bits per heavy atom. The van der Waals surface area contributed by atoms with Gasteiger partial charge in [0.05, 0.1) is 0 Å². The lowest BCUT2D eigenvalue weighted by Gasteiger charge is -2.32. The van der Waals surface area contributed by atoms with Crippen LogP contribution in [0.5, 0.6) is 0 Å². The molecule has 1 aromatic carbocycles. The molecule has 1 aromatic rings. The number of amides is 2. The van der Waals surface area contributed by atoms with Crippen molar-refractivity contribution in [1.29, 1.82) is 0 Å². The Morgan fingerprint density at radius 3 is 2.76 bits per heavy atom. The highest BCUT2D eigenvalue weighted by Gasteiger charge is 2.27. The minimum atomic E-state index is -0.987. The van der Waals surface area contributed by atoms with E-state index in [0.29, 0.717) is 12.5 Å². The molecule has 2 amide bonds. The normalized spacial score (nSPS) is 17.3. The molecule has 5 nitrogen and oxygen atoms in total. The molecule has 0 radical (unpaired) electrons. The van der Waals surface area contributed by atoms with Gasteiger partial charge in [-0.05, 0) is 30.9 Å². The summed E-state index contributed by atoms with van der Waals surface area (Å²) in [6.07, 6.45) is 1.70. The van der Waals surface area contributed by atoms with Gasteiger partial charge < -0.3 is 15.3 Å². The molecular weight excluding hydrogens is 268 g/mol. The average Bonchev–Trinajstić information content (AvgIpc) is 2.44. The van der Waals surface area contributed by atoms with E-state index in [1.165, 1.54) is 16.0 Å². The molecule has 0 bridgehead atoms. The SMILES string of the molecule is CCC(C)N(CC(=O)O)C(=O)NCC1Cc2ccccc21. The quantitative estimate of drug-likeness (QED) is 0.844. The maximum atomic E-state index is 12.2. The molecule has 0 spiro atoms. The lowest BCUT2D eigenvalue weighted by molar-refractivity contribution is -0.138. The fraction of sp³-hybridized carbons (Fsp3) is 0.500. The number of rotatable bonds is 6. The highest BCUT2D eigenvalue weighted by molar-refractivity contribution is 5.80. The van der Waals surface area contributed by atoms with Gasteiger partial charge in [-0.15, -0.1) is 0 Å². The van der Waals surface area contributed by atoms with Crippen LogP contribution in [-0.4, -0.2) is 41.1 Å². The Morgan fingerprint density at radius 2 is 2.14 bits per heavy atom. The Labute approximate surface area is 125 Å². The van der Waals surface area contributed by atoms with Gasteiger partial charge in [-0.2, -0.15) is 0 Å². The monoisotopic (exact) mass is 290 g/mol. The first-order valence-corrected chi connectivity index (χ1v) is 7.37. The lowest BCUT2D eigenvalue weighted by atomic mass is 9.78. The van der Waals surface area contributed by atoms with E-state index in [1.807, 2.05) is 26.0 Å². The van der Waals surface area contributed by atoms with Crippen molar-refractivity contribution in [2.24, 2.45) is 0 Å². The number of carboxylic acids is 1. The van der Waals surface area contributed by atoms with Crippen molar-refractivity contribution in [2.45, 2.75) is 38.6 Å². The summed E-state index contributed by atoms with van der Waals surface area (Å²) in [7, 11) is 0. The minimum absolute atomic E-state index is 0.0882. The van der Waals surface area contributed by atoms with Gasteiger partial charge in [0, 0.05) is 18.5 Å². The fourth-order valence-electron chi connectivity index (χ4n) is 2.65. The minimum Gasteiger partial charge on any atom is -0.480 e. The van der Waals surface area contributed by atoms with Crippen LogP contribution in [0.15, 0.2) is 24.3 Å². The van der Waals surface area contributed by atoms with Crippen LogP contribution in [0.2, 0.25) is 0 Å². The van der Waals surface area contributed by atoms with E-state index in [1.54, 1.807) is 0 Å². The maximum Gasteiger partial charge on any atom is 0.323 e. The second-order valence-corrected chi connectivity index (χ2v) is 5.56. The van der Waals surface area contributed by atoms with Crippen molar-refractivity contribution in [3.8, 4) is 0 Å². The van der Waals surface area contributed by atoms with Gasteiger partial charge >= 0.3 is 12.0 Å².